The summed E-state index contributed by atoms with van der Waals surface area (Å²) in [6.07, 6.45) is 5.11. The quantitative estimate of drug-likeness (QED) is 0.902. The molecule has 1 aromatic carbocycles. The number of benzene rings is 1. The number of rotatable bonds is 3. The molecule has 0 amide bonds. The highest BCUT2D eigenvalue weighted by atomic mass is 32.1. The summed E-state index contributed by atoms with van der Waals surface area (Å²) in [7, 11) is 0. The van der Waals surface area contributed by atoms with Gasteiger partial charge < -0.3 is 5.32 Å². The predicted molar refractivity (Wildman–Crippen MR) is 77.3 cm³/mol. The first-order chi connectivity index (χ1) is 8.83. The van der Waals surface area contributed by atoms with Crippen LogP contribution in [0.15, 0.2) is 23.6 Å². The lowest BCUT2D eigenvalue weighted by atomic mass is 9.90. The summed E-state index contributed by atoms with van der Waals surface area (Å²) in [6.45, 7) is 2.89. The smallest absolute Gasteiger partial charge is 0.112 e. The molecule has 0 spiro atoms. The summed E-state index contributed by atoms with van der Waals surface area (Å²) in [6, 6.07) is 6.64. The molecule has 1 aromatic heterocycles. The molecule has 2 nitrogen and oxygen atoms in total. The Kier molecular flexibility index (Phi) is 3.33. The molecule has 0 unspecified atom stereocenters. The maximum atomic E-state index is 4.49. The van der Waals surface area contributed by atoms with Crippen LogP contribution in [-0.2, 0) is 19.4 Å². The van der Waals surface area contributed by atoms with Gasteiger partial charge in [-0.15, -0.1) is 11.3 Å². The monoisotopic (exact) mass is 258 g/mol. The van der Waals surface area contributed by atoms with Crippen LogP contribution < -0.4 is 5.32 Å². The highest BCUT2D eigenvalue weighted by Gasteiger charge is 2.12. The zero-order valence-corrected chi connectivity index (χ0v) is 11.5. The fourth-order valence-electron chi connectivity index (χ4n) is 2.60. The minimum atomic E-state index is 0.842. The molecular formula is C15H18N2S. The molecule has 1 aliphatic carbocycles. The van der Waals surface area contributed by atoms with E-state index in [2.05, 4.69) is 33.9 Å². The summed E-state index contributed by atoms with van der Waals surface area (Å²) >= 11 is 1.73. The van der Waals surface area contributed by atoms with E-state index in [1.165, 1.54) is 47.5 Å². The lowest BCUT2D eigenvalue weighted by Crippen LogP contribution is -2.08. The van der Waals surface area contributed by atoms with Gasteiger partial charge in [0.1, 0.15) is 5.01 Å². The Bertz CT molecular complexity index is 545. The second-order valence-electron chi connectivity index (χ2n) is 4.89. The standard InChI is InChI=1S/C15H18N2S/c1-11-10-18-15(17-11)9-16-14-8-4-6-12-5-2-3-7-13(12)14/h4,6,8,10,16H,2-3,5,7,9H2,1H3. The van der Waals surface area contributed by atoms with Crippen molar-refractivity contribution >= 4 is 17.0 Å². The minimum Gasteiger partial charge on any atom is -0.378 e. The first-order valence-electron chi connectivity index (χ1n) is 6.58. The fraction of sp³-hybridized carbons (Fsp3) is 0.400. The third-order valence-electron chi connectivity index (χ3n) is 3.49. The maximum absolute atomic E-state index is 4.49. The van der Waals surface area contributed by atoms with Crippen LogP contribution in [0.3, 0.4) is 0 Å². The maximum Gasteiger partial charge on any atom is 0.112 e. The molecular weight excluding hydrogens is 240 g/mol. The van der Waals surface area contributed by atoms with Crippen molar-refractivity contribution in [2.45, 2.75) is 39.2 Å². The lowest BCUT2D eigenvalue weighted by Gasteiger charge is -2.19. The molecule has 94 valence electrons. The lowest BCUT2D eigenvalue weighted by molar-refractivity contribution is 0.686. The van der Waals surface area contributed by atoms with Crippen molar-refractivity contribution in [1.82, 2.24) is 4.98 Å². The summed E-state index contributed by atoms with van der Waals surface area (Å²) < 4.78 is 0. The molecule has 1 heterocycles. The van der Waals surface area contributed by atoms with Gasteiger partial charge in [-0.1, -0.05) is 12.1 Å². The van der Waals surface area contributed by atoms with Crippen LogP contribution in [0.25, 0.3) is 0 Å². The van der Waals surface area contributed by atoms with Gasteiger partial charge in [-0.3, -0.25) is 0 Å². The highest BCUT2D eigenvalue weighted by Crippen LogP contribution is 2.28. The Balaban J connectivity index is 1.76. The van der Waals surface area contributed by atoms with Crippen molar-refractivity contribution < 1.29 is 0 Å². The van der Waals surface area contributed by atoms with Crippen molar-refractivity contribution in [3.05, 3.63) is 45.4 Å². The number of hydrogen-bond acceptors (Lipinski definition) is 3. The van der Waals surface area contributed by atoms with Gasteiger partial charge in [0.15, 0.2) is 0 Å². The van der Waals surface area contributed by atoms with Crippen LogP contribution in [-0.4, -0.2) is 4.98 Å². The normalized spacial score (nSPS) is 14.3. The summed E-state index contributed by atoms with van der Waals surface area (Å²) in [4.78, 5) is 4.49. The average Bonchev–Trinajstić information content (AvgIpc) is 2.82. The van der Waals surface area contributed by atoms with Gasteiger partial charge >= 0.3 is 0 Å². The van der Waals surface area contributed by atoms with Gasteiger partial charge in [-0.05, 0) is 49.8 Å². The molecule has 0 aliphatic heterocycles. The largest absolute Gasteiger partial charge is 0.378 e. The van der Waals surface area contributed by atoms with E-state index in [1.807, 2.05) is 6.92 Å². The fourth-order valence-corrected chi connectivity index (χ4v) is 3.31. The van der Waals surface area contributed by atoms with Gasteiger partial charge in [0, 0.05) is 16.8 Å². The SMILES string of the molecule is Cc1csc(CNc2cccc3c2CCCC3)n1. The molecule has 0 atom stereocenters. The van der Waals surface area contributed by atoms with Gasteiger partial charge in [0.25, 0.3) is 0 Å². The second-order valence-corrected chi connectivity index (χ2v) is 5.83. The van der Waals surface area contributed by atoms with Crippen molar-refractivity contribution in [3.8, 4) is 0 Å². The minimum absolute atomic E-state index is 0.842. The molecule has 18 heavy (non-hydrogen) atoms. The number of aromatic nitrogens is 1. The van der Waals surface area contributed by atoms with Crippen molar-refractivity contribution in [2.24, 2.45) is 0 Å². The van der Waals surface area contributed by atoms with Gasteiger partial charge in [0.05, 0.1) is 6.54 Å². The number of nitrogens with one attached hydrogen (secondary N) is 1. The third-order valence-corrected chi connectivity index (χ3v) is 4.46. The van der Waals surface area contributed by atoms with Crippen LogP contribution in [0.4, 0.5) is 5.69 Å². The Hall–Kier alpha value is -1.35. The number of hydrogen-bond donors (Lipinski definition) is 1. The van der Waals surface area contributed by atoms with E-state index in [-0.39, 0.29) is 0 Å². The number of fused-ring (bicyclic) bond motifs is 1. The van der Waals surface area contributed by atoms with Crippen molar-refractivity contribution in [3.63, 3.8) is 0 Å². The highest BCUT2D eigenvalue weighted by molar-refractivity contribution is 7.09. The van der Waals surface area contributed by atoms with E-state index in [4.69, 9.17) is 0 Å². The zero-order valence-electron chi connectivity index (χ0n) is 10.7. The van der Waals surface area contributed by atoms with Crippen LogP contribution >= 0.6 is 11.3 Å². The average molecular weight is 258 g/mol. The Labute approximate surface area is 112 Å². The van der Waals surface area contributed by atoms with Crippen molar-refractivity contribution in [1.29, 1.82) is 0 Å². The van der Waals surface area contributed by atoms with Crippen LogP contribution in [0.2, 0.25) is 0 Å². The molecule has 0 saturated heterocycles. The Morgan fingerprint density at radius 2 is 2.17 bits per heavy atom. The second kappa shape index (κ2) is 5.11. The molecule has 0 radical (unpaired) electrons. The van der Waals surface area contributed by atoms with Crippen LogP contribution in [0.1, 0.15) is 34.7 Å². The molecule has 0 bridgehead atoms. The number of thiazole rings is 1. The molecule has 3 rings (SSSR count). The van der Waals surface area contributed by atoms with E-state index in [1.54, 1.807) is 11.3 Å². The molecule has 1 aliphatic rings. The van der Waals surface area contributed by atoms with Crippen LogP contribution in [0.5, 0.6) is 0 Å². The van der Waals surface area contributed by atoms with Crippen LogP contribution in [0, 0.1) is 6.92 Å². The van der Waals surface area contributed by atoms with Gasteiger partial charge in [-0.2, -0.15) is 0 Å². The Morgan fingerprint density at radius 1 is 1.28 bits per heavy atom. The molecule has 2 aromatic rings. The molecule has 0 saturated carbocycles. The van der Waals surface area contributed by atoms with Gasteiger partial charge in [0.2, 0.25) is 0 Å². The summed E-state index contributed by atoms with van der Waals surface area (Å²) in [5.41, 5.74) is 5.48. The first-order valence-corrected chi connectivity index (χ1v) is 7.46. The van der Waals surface area contributed by atoms with Gasteiger partial charge in [-0.25, -0.2) is 4.98 Å². The Morgan fingerprint density at radius 3 is 3.00 bits per heavy atom. The summed E-state index contributed by atoms with van der Waals surface area (Å²) in [5, 5.41) is 6.83. The van der Waals surface area contributed by atoms with E-state index in [9.17, 15) is 0 Å². The first kappa shape index (κ1) is 11.7. The topological polar surface area (TPSA) is 24.9 Å². The number of anilines is 1. The van der Waals surface area contributed by atoms with E-state index < -0.39 is 0 Å². The third kappa shape index (κ3) is 2.41. The molecule has 1 N–H and O–H groups in total. The number of nitrogens with zero attached hydrogens (tertiary/aromatic N) is 1. The van der Waals surface area contributed by atoms with E-state index in [0.29, 0.717) is 0 Å². The molecule has 3 heteroatoms. The van der Waals surface area contributed by atoms with E-state index in [0.717, 1.165) is 12.2 Å². The van der Waals surface area contributed by atoms with Crippen molar-refractivity contribution in [2.75, 3.05) is 5.32 Å². The predicted octanol–water partition coefficient (Wildman–Crippen LogP) is 3.94. The zero-order chi connectivity index (χ0) is 12.4. The number of aryl methyl sites for hydroxylation is 2. The van der Waals surface area contributed by atoms with E-state index >= 15 is 0 Å². The summed E-state index contributed by atoms with van der Waals surface area (Å²) in [5.74, 6) is 0. The molecule has 0 fully saturated rings.